The lowest BCUT2D eigenvalue weighted by molar-refractivity contribution is 0.371. The molecule has 1 unspecified atom stereocenters. The molecule has 1 N–H and O–H groups in total. The summed E-state index contributed by atoms with van der Waals surface area (Å²) in [5.41, 5.74) is 3.58. The smallest absolute Gasteiger partial charge is 0.186 e. The average Bonchev–Trinajstić information content (AvgIpc) is 3.29. The van der Waals surface area contributed by atoms with Crippen LogP contribution in [0.25, 0.3) is 27.1 Å². The molecule has 0 aliphatic carbocycles. The predicted molar refractivity (Wildman–Crippen MR) is 115 cm³/mol. The van der Waals surface area contributed by atoms with Crippen molar-refractivity contribution in [1.82, 2.24) is 24.9 Å². The largest absolute Gasteiger partial charge is 0.348 e. The molecule has 5 rings (SSSR count). The van der Waals surface area contributed by atoms with Crippen LogP contribution >= 0.6 is 11.3 Å². The van der Waals surface area contributed by atoms with Crippen LogP contribution in [0.1, 0.15) is 25.5 Å². The zero-order valence-corrected chi connectivity index (χ0v) is 17.5. The summed E-state index contributed by atoms with van der Waals surface area (Å²) in [5.74, 6) is -0.309. The van der Waals surface area contributed by atoms with E-state index in [0.29, 0.717) is 23.3 Å². The molecule has 1 aliphatic rings. The van der Waals surface area contributed by atoms with Crippen molar-refractivity contribution in [3.05, 3.63) is 42.0 Å². The monoisotopic (exact) mass is 410 g/mol. The zero-order chi connectivity index (χ0) is 20.1. The van der Waals surface area contributed by atoms with Crippen molar-refractivity contribution >= 4 is 32.3 Å². The standard InChI is InChI=1S/C21H23FN6S/c1-12-8-15(6-7-23-12)27(3)21-25-20-16(22)9-14(10-18(20)29-21)17-4-5-19-24-13(2)11-28(19)26-17/h4-5,9-12,15,23H,6-8H2,1-3H3/t12-,15?/m0/s1. The molecule has 29 heavy (non-hydrogen) atoms. The van der Waals surface area contributed by atoms with Gasteiger partial charge in [-0.05, 0) is 57.5 Å². The molecule has 0 bridgehead atoms. The van der Waals surface area contributed by atoms with Gasteiger partial charge >= 0.3 is 0 Å². The summed E-state index contributed by atoms with van der Waals surface area (Å²) in [5, 5.41) is 8.93. The van der Waals surface area contributed by atoms with Crippen molar-refractivity contribution < 1.29 is 4.39 Å². The second kappa shape index (κ2) is 7.03. The molecule has 0 radical (unpaired) electrons. The van der Waals surface area contributed by atoms with Crippen LogP contribution in [0.2, 0.25) is 0 Å². The van der Waals surface area contributed by atoms with E-state index in [9.17, 15) is 4.39 Å². The molecular formula is C21H23FN6S. The van der Waals surface area contributed by atoms with Crippen LogP contribution in [-0.2, 0) is 0 Å². The number of halogens is 1. The van der Waals surface area contributed by atoms with Crippen molar-refractivity contribution in [1.29, 1.82) is 0 Å². The van der Waals surface area contributed by atoms with E-state index >= 15 is 0 Å². The van der Waals surface area contributed by atoms with Crippen molar-refractivity contribution in [2.45, 2.75) is 38.8 Å². The second-order valence-corrected chi connectivity index (χ2v) is 8.86. The van der Waals surface area contributed by atoms with Gasteiger partial charge in [0, 0.05) is 24.7 Å². The first-order valence-corrected chi connectivity index (χ1v) is 10.7. The Morgan fingerprint density at radius 1 is 1.28 bits per heavy atom. The van der Waals surface area contributed by atoms with Crippen molar-refractivity contribution in [2.24, 2.45) is 0 Å². The first-order valence-electron chi connectivity index (χ1n) is 9.87. The first kappa shape index (κ1) is 18.4. The fourth-order valence-electron chi connectivity index (χ4n) is 4.04. The molecule has 150 valence electrons. The van der Waals surface area contributed by atoms with Gasteiger partial charge in [0.25, 0.3) is 0 Å². The minimum Gasteiger partial charge on any atom is -0.348 e. The number of aromatic nitrogens is 4. The number of piperidine rings is 1. The molecule has 4 aromatic rings. The van der Waals surface area contributed by atoms with Crippen molar-refractivity contribution in [3.63, 3.8) is 0 Å². The zero-order valence-electron chi connectivity index (χ0n) is 16.7. The maximum atomic E-state index is 14.9. The molecule has 2 atom stereocenters. The van der Waals surface area contributed by atoms with Gasteiger partial charge < -0.3 is 10.2 Å². The van der Waals surface area contributed by atoms with Gasteiger partial charge in [0.1, 0.15) is 5.52 Å². The summed E-state index contributed by atoms with van der Waals surface area (Å²) < 4.78 is 17.5. The number of aryl methyl sites for hydroxylation is 1. The van der Waals surface area contributed by atoms with Crippen molar-refractivity contribution in [3.8, 4) is 11.3 Å². The lowest BCUT2D eigenvalue weighted by Crippen LogP contribution is -2.45. The quantitative estimate of drug-likeness (QED) is 0.553. The Kier molecular flexibility index (Phi) is 4.48. The van der Waals surface area contributed by atoms with Crippen LogP contribution in [0, 0.1) is 12.7 Å². The van der Waals surface area contributed by atoms with E-state index in [1.807, 2.05) is 31.3 Å². The fraction of sp³-hybridized carbons (Fsp3) is 0.381. The number of imidazole rings is 1. The summed E-state index contributed by atoms with van der Waals surface area (Å²) >= 11 is 1.54. The van der Waals surface area contributed by atoms with Crippen LogP contribution < -0.4 is 10.2 Å². The Hall–Kier alpha value is -2.58. The van der Waals surface area contributed by atoms with Gasteiger partial charge in [-0.25, -0.2) is 18.9 Å². The van der Waals surface area contributed by atoms with E-state index in [-0.39, 0.29) is 5.82 Å². The summed E-state index contributed by atoms with van der Waals surface area (Å²) in [7, 11) is 2.07. The maximum Gasteiger partial charge on any atom is 0.186 e. The molecule has 1 saturated heterocycles. The van der Waals surface area contributed by atoms with E-state index in [1.54, 1.807) is 4.52 Å². The molecule has 3 aromatic heterocycles. The minimum absolute atomic E-state index is 0.309. The minimum atomic E-state index is -0.309. The molecule has 0 saturated carbocycles. The number of nitrogens with zero attached hydrogens (tertiary/aromatic N) is 5. The molecule has 4 heterocycles. The summed E-state index contributed by atoms with van der Waals surface area (Å²) in [6, 6.07) is 8.20. The average molecular weight is 411 g/mol. The van der Waals surface area contributed by atoms with Crippen LogP contribution in [-0.4, -0.2) is 45.3 Å². The first-order chi connectivity index (χ1) is 14.0. The number of anilines is 1. The Balaban J connectivity index is 1.52. The summed E-state index contributed by atoms with van der Waals surface area (Å²) in [6.07, 6.45) is 4.00. The molecule has 1 fully saturated rings. The third kappa shape index (κ3) is 3.36. The van der Waals surface area contributed by atoms with Gasteiger partial charge in [-0.3, -0.25) is 0 Å². The van der Waals surface area contributed by atoms with E-state index in [1.165, 1.54) is 17.4 Å². The van der Waals surface area contributed by atoms with E-state index < -0.39 is 0 Å². The Bertz CT molecular complexity index is 1200. The van der Waals surface area contributed by atoms with Crippen LogP contribution in [0.3, 0.4) is 0 Å². The molecule has 6 nitrogen and oxygen atoms in total. The van der Waals surface area contributed by atoms with Gasteiger partial charge in [0.05, 0.1) is 22.3 Å². The predicted octanol–water partition coefficient (Wildman–Crippen LogP) is 4.03. The highest BCUT2D eigenvalue weighted by atomic mass is 32.1. The van der Waals surface area contributed by atoms with E-state index in [2.05, 4.69) is 39.3 Å². The molecule has 1 aliphatic heterocycles. The molecule has 0 spiro atoms. The Morgan fingerprint density at radius 3 is 2.97 bits per heavy atom. The number of hydrogen-bond acceptors (Lipinski definition) is 6. The van der Waals surface area contributed by atoms with E-state index in [0.717, 1.165) is 46.1 Å². The molecule has 0 amide bonds. The highest BCUT2D eigenvalue weighted by Gasteiger charge is 2.24. The third-order valence-corrected chi connectivity index (χ3v) is 6.71. The van der Waals surface area contributed by atoms with Gasteiger partial charge in [-0.15, -0.1) is 0 Å². The van der Waals surface area contributed by atoms with Gasteiger partial charge in [0.2, 0.25) is 0 Å². The number of benzene rings is 1. The number of hydrogen-bond donors (Lipinski definition) is 1. The molecule has 8 heteroatoms. The number of thiazole rings is 1. The van der Waals surface area contributed by atoms with Gasteiger partial charge in [-0.2, -0.15) is 5.10 Å². The normalized spacial score (nSPS) is 19.9. The Labute approximate surface area is 172 Å². The maximum absolute atomic E-state index is 14.9. The van der Waals surface area contributed by atoms with Crippen LogP contribution in [0.4, 0.5) is 9.52 Å². The second-order valence-electron chi connectivity index (χ2n) is 7.85. The Morgan fingerprint density at radius 2 is 2.14 bits per heavy atom. The van der Waals surface area contributed by atoms with E-state index in [4.69, 9.17) is 0 Å². The number of nitrogens with one attached hydrogen (secondary N) is 1. The lowest BCUT2D eigenvalue weighted by Gasteiger charge is -2.34. The van der Waals surface area contributed by atoms with Crippen molar-refractivity contribution in [2.75, 3.05) is 18.5 Å². The number of rotatable bonds is 3. The van der Waals surface area contributed by atoms with Crippen LogP contribution in [0.5, 0.6) is 0 Å². The highest BCUT2D eigenvalue weighted by molar-refractivity contribution is 7.22. The number of fused-ring (bicyclic) bond motifs is 2. The third-order valence-electron chi connectivity index (χ3n) is 5.62. The summed E-state index contributed by atoms with van der Waals surface area (Å²) in [6.45, 7) is 5.13. The highest BCUT2D eigenvalue weighted by Crippen LogP contribution is 2.35. The SMILES string of the molecule is Cc1cn2nc(-c3cc(F)c4nc(N(C)C5CCN[C@@H](C)C5)sc4c3)ccc2n1. The fourth-order valence-corrected chi connectivity index (χ4v) is 5.10. The lowest BCUT2D eigenvalue weighted by atomic mass is 10.00. The molecular weight excluding hydrogens is 387 g/mol. The summed E-state index contributed by atoms with van der Waals surface area (Å²) in [4.78, 5) is 11.2. The molecule has 1 aromatic carbocycles. The van der Waals surface area contributed by atoms with Crippen LogP contribution in [0.15, 0.2) is 30.5 Å². The van der Waals surface area contributed by atoms with Gasteiger partial charge in [-0.1, -0.05) is 11.3 Å². The van der Waals surface area contributed by atoms with Gasteiger partial charge in [0.15, 0.2) is 16.6 Å². The topological polar surface area (TPSA) is 58.4 Å².